The van der Waals surface area contributed by atoms with Gasteiger partial charge in [-0.05, 0) is 13.8 Å². The zero-order valence-electron chi connectivity index (χ0n) is 10.0. The number of rotatable bonds is 7. The second kappa shape index (κ2) is 7.68. The molecule has 1 rings (SSSR count). The highest BCUT2D eigenvalue weighted by Crippen LogP contribution is 2.17. The largest absolute Gasteiger partial charge is 0.354 e. The van der Waals surface area contributed by atoms with E-state index in [-0.39, 0.29) is 0 Å². The molecule has 0 aliphatic rings. The lowest BCUT2D eigenvalue weighted by Crippen LogP contribution is -2.09. The molecule has 0 amide bonds. The van der Waals surface area contributed by atoms with Crippen molar-refractivity contribution in [3.05, 3.63) is 0 Å². The zero-order valence-corrected chi connectivity index (χ0v) is 10.8. The average molecular weight is 252 g/mol. The van der Waals surface area contributed by atoms with Crippen molar-refractivity contribution in [3.63, 3.8) is 0 Å². The quantitative estimate of drug-likeness (QED) is 0.564. The fourth-order valence-corrected chi connectivity index (χ4v) is 1.76. The van der Waals surface area contributed by atoms with Crippen molar-refractivity contribution >= 4 is 23.7 Å². The Morgan fingerprint density at radius 3 is 2.18 bits per heavy atom. The Hall–Kier alpha value is -1.55. The van der Waals surface area contributed by atoms with Crippen LogP contribution >= 0.6 is 11.8 Å². The molecular formula is C10H16N6S. The number of hydrogen-bond acceptors (Lipinski definition) is 7. The highest BCUT2D eigenvalue weighted by molar-refractivity contribution is 7.99. The fraction of sp³-hybridized carbons (Fsp3) is 0.600. The van der Waals surface area contributed by atoms with Gasteiger partial charge in [-0.15, -0.1) is 0 Å². The topological polar surface area (TPSA) is 86.5 Å². The van der Waals surface area contributed by atoms with Crippen molar-refractivity contribution in [2.45, 2.75) is 25.4 Å². The van der Waals surface area contributed by atoms with Gasteiger partial charge in [-0.25, -0.2) is 0 Å². The first-order valence-corrected chi connectivity index (χ1v) is 6.52. The summed E-state index contributed by atoms with van der Waals surface area (Å²) >= 11 is 1.46. The van der Waals surface area contributed by atoms with E-state index in [1.807, 2.05) is 13.8 Å². The third kappa shape index (κ3) is 4.87. The van der Waals surface area contributed by atoms with Crippen LogP contribution in [0.4, 0.5) is 11.9 Å². The van der Waals surface area contributed by atoms with E-state index in [4.69, 9.17) is 5.26 Å². The predicted molar refractivity (Wildman–Crippen MR) is 69.1 cm³/mol. The number of hydrogen-bond donors (Lipinski definition) is 2. The number of nitrogens with zero attached hydrogens (tertiary/aromatic N) is 4. The second-order valence-corrected chi connectivity index (χ2v) is 4.14. The number of nitrogens with one attached hydrogen (secondary N) is 2. The van der Waals surface area contributed by atoms with Crippen LogP contribution in [0.3, 0.4) is 0 Å². The van der Waals surface area contributed by atoms with E-state index in [0.29, 0.717) is 29.2 Å². The molecule has 1 aromatic heterocycles. The summed E-state index contributed by atoms with van der Waals surface area (Å²) in [7, 11) is 0. The van der Waals surface area contributed by atoms with Gasteiger partial charge < -0.3 is 10.6 Å². The van der Waals surface area contributed by atoms with Crippen LogP contribution in [-0.2, 0) is 0 Å². The minimum absolute atomic E-state index is 0.490. The fourth-order valence-electron chi connectivity index (χ4n) is 1.08. The molecule has 17 heavy (non-hydrogen) atoms. The molecule has 6 nitrogen and oxygen atoms in total. The Balaban J connectivity index is 2.76. The second-order valence-electron chi connectivity index (χ2n) is 3.08. The van der Waals surface area contributed by atoms with Crippen molar-refractivity contribution < 1.29 is 0 Å². The molecule has 1 heterocycles. The van der Waals surface area contributed by atoms with Gasteiger partial charge in [0.1, 0.15) is 0 Å². The van der Waals surface area contributed by atoms with Gasteiger partial charge in [0.05, 0.1) is 6.07 Å². The number of anilines is 2. The minimum atomic E-state index is 0.490. The zero-order chi connectivity index (χ0) is 12.5. The summed E-state index contributed by atoms with van der Waals surface area (Å²) in [6.07, 6.45) is 0.490. The van der Waals surface area contributed by atoms with Gasteiger partial charge in [-0.3, -0.25) is 0 Å². The van der Waals surface area contributed by atoms with Crippen LogP contribution in [-0.4, -0.2) is 33.8 Å². The Kier molecular flexibility index (Phi) is 6.10. The molecule has 0 aromatic carbocycles. The molecule has 0 radical (unpaired) electrons. The van der Waals surface area contributed by atoms with E-state index in [0.717, 1.165) is 13.1 Å². The third-order valence-electron chi connectivity index (χ3n) is 1.73. The lowest BCUT2D eigenvalue weighted by Gasteiger charge is -2.07. The summed E-state index contributed by atoms with van der Waals surface area (Å²) in [4.78, 5) is 12.7. The minimum Gasteiger partial charge on any atom is -0.354 e. The number of aromatic nitrogens is 3. The molecule has 0 saturated carbocycles. The van der Waals surface area contributed by atoms with Gasteiger partial charge >= 0.3 is 0 Å². The monoisotopic (exact) mass is 252 g/mol. The molecule has 0 spiro atoms. The molecule has 0 fully saturated rings. The van der Waals surface area contributed by atoms with Gasteiger partial charge in [-0.2, -0.15) is 20.2 Å². The van der Waals surface area contributed by atoms with E-state index < -0.39 is 0 Å². The molecule has 2 N–H and O–H groups in total. The van der Waals surface area contributed by atoms with Crippen LogP contribution in [0, 0.1) is 11.3 Å². The normalized spacial score (nSPS) is 9.71. The maximum Gasteiger partial charge on any atom is 0.228 e. The van der Waals surface area contributed by atoms with E-state index in [9.17, 15) is 0 Å². The molecule has 92 valence electrons. The first kappa shape index (κ1) is 13.5. The molecule has 0 aliphatic heterocycles. The first-order chi connectivity index (χ1) is 8.30. The molecule has 0 unspecified atom stereocenters. The van der Waals surface area contributed by atoms with Crippen LogP contribution in [0.5, 0.6) is 0 Å². The molecule has 7 heteroatoms. The van der Waals surface area contributed by atoms with Crippen molar-refractivity contribution in [2.24, 2.45) is 0 Å². The van der Waals surface area contributed by atoms with Crippen LogP contribution in [0.2, 0.25) is 0 Å². The van der Waals surface area contributed by atoms with E-state index in [1.165, 1.54) is 11.8 Å². The van der Waals surface area contributed by atoms with E-state index in [2.05, 4.69) is 31.7 Å². The number of nitriles is 1. The Morgan fingerprint density at radius 2 is 1.71 bits per heavy atom. The summed E-state index contributed by atoms with van der Waals surface area (Å²) in [6, 6.07) is 2.09. The first-order valence-electron chi connectivity index (χ1n) is 5.53. The van der Waals surface area contributed by atoms with Crippen molar-refractivity contribution in [3.8, 4) is 6.07 Å². The van der Waals surface area contributed by atoms with Gasteiger partial charge in [0.2, 0.25) is 11.9 Å². The lowest BCUT2D eigenvalue weighted by atomic mass is 10.6. The molecule has 1 aromatic rings. The molecule has 0 atom stereocenters. The standard InChI is InChI=1S/C10H16N6S/c1-3-12-8-14-9(13-4-2)16-10(15-8)17-7-5-6-11/h3-5,7H2,1-2H3,(H2,12,13,14,15,16). The number of thioether (sulfide) groups is 1. The van der Waals surface area contributed by atoms with Crippen molar-refractivity contribution in [1.82, 2.24) is 15.0 Å². The molecule has 0 saturated heterocycles. The van der Waals surface area contributed by atoms with Crippen molar-refractivity contribution in [2.75, 3.05) is 29.5 Å². The van der Waals surface area contributed by atoms with Gasteiger partial charge in [0, 0.05) is 25.3 Å². The van der Waals surface area contributed by atoms with E-state index in [1.54, 1.807) is 0 Å². The highest BCUT2D eigenvalue weighted by Gasteiger charge is 2.05. The predicted octanol–water partition coefficient (Wildman–Crippen LogP) is 1.74. The van der Waals surface area contributed by atoms with Crippen molar-refractivity contribution in [1.29, 1.82) is 5.26 Å². The van der Waals surface area contributed by atoms with E-state index >= 15 is 0 Å². The lowest BCUT2D eigenvalue weighted by molar-refractivity contribution is 0.894. The van der Waals surface area contributed by atoms with Gasteiger partial charge in [0.15, 0.2) is 5.16 Å². The molecule has 0 bridgehead atoms. The van der Waals surface area contributed by atoms with Crippen LogP contribution in [0.15, 0.2) is 5.16 Å². The summed E-state index contributed by atoms with van der Waals surface area (Å²) in [6.45, 7) is 5.49. The molecule has 0 aliphatic carbocycles. The van der Waals surface area contributed by atoms with Gasteiger partial charge in [0.25, 0.3) is 0 Å². The van der Waals surface area contributed by atoms with Crippen LogP contribution < -0.4 is 10.6 Å². The highest BCUT2D eigenvalue weighted by atomic mass is 32.2. The SMILES string of the molecule is CCNc1nc(NCC)nc(SCCC#N)n1. The summed E-state index contributed by atoms with van der Waals surface area (Å²) < 4.78 is 0. The van der Waals surface area contributed by atoms with Gasteiger partial charge in [-0.1, -0.05) is 11.8 Å². The summed E-state index contributed by atoms with van der Waals surface area (Å²) in [5.41, 5.74) is 0. The summed E-state index contributed by atoms with van der Waals surface area (Å²) in [5, 5.41) is 15.2. The third-order valence-corrected chi connectivity index (χ3v) is 2.58. The average Bonchev–Trinajstić information content (AvgIpc) is 2.30. The van der Waals surface area contributed by atoms with Crippen LogP contribution in [0.1, 0.15) is 20.3 Å². The Labute approximate surface area is 105 Å². The molecular weight excluding hydrogens is 236 g/mol. The maximum absolute atomic E-state index is 8.48. The maximum atomic E-state index is 8.48. The summed E-state index contributed by atoms with van der Waals surface area (Å²) in [5.74, 6) is 1.83. The Morgan fingerprint density at radius 1 is 1.12 bits per heavy atom. The van der Waals surface area contributed by atoms with Crippen LogP contribution in [0.25, 0.3) is 0 Å². The Bertz CT molecular complexity index is 365. The smallest absolute Gasteiger partial charge is 0.228 e.